The van der Waals surface area contributed by atoms with Crippen LogP contribution in [0.2, 0.25) is 51.4 Å². The van der Waals surface area contributed by atoms with Crippen molar-refractivity contribution in [1.29, 1.82) is 0 Å². The number of benzene rings is 2. The Balaban J connectivity index is 1.35. The molecule has 6 rings (SSSR count). The summed E-state index contributed by atoms with van der Waals surface area (Å²) in [6, 6.07) is 20.6. The number of nitrogens with zero attached hydrogens (tertiary/aromatic N) is 7. The predicted octanol–water partition coefficient (Wildman–Crippen LogP) is 8.91. The Labute approximate surface area is 326 Å². The molecule has 0 aliphatic carbocycles. The predicted molar refractivity (Wildman–Crippen MR) is 224 cm³/mol. The van der Waals surface area contributed by atoms with E-state index in [4.69, 9.17) is 19.6 Å². The van der Waals surface area contributed by atoms with Gasteiger partial charge in [0.05, 0.1) is 11.7 Å². The van der Waals surface area contributed by atoms with Crippen LogP contribution in [0.15, 0.2) is 73.1 Å². The zero-order valence-corrected chi connectivity index (χ0v) is 35.2. The number of rotatable bonds is 17. The second-order valence-electron chi connectivity index (χ2n) is 17.2. The van der Waals surface area contributed by atoms with E-state index < -0.39 is 22.2 Å². The van der Waals surface area contributed by atoms with E-state index in [1.54, 1.807) is 29.0 Å². The van der Waals surface area contributed by atoms with Crippen molar-refractivity contribution in [3.8, 4) is 11.1 Å². The number of hydrogen-bond donors (Lipinski definition) is 1. The van der Waals surface area contributed by atoms with E-state index in [2.05, 4.69) is 73.4 Å². The summed E-state index contributed by atoms with van der Waals surface area (Å²) in [4.78, 5) is 28.5. The van der Waals surface area contributed by atoms with Gasteiger partial charge in [-0.15, -0.1) is 0 Å². The quantitative estimate of drug-likeness (QED) is 0.0562. The van der Waals surface area contributed by atoms with Gasteiger partial charge >= 0.3 is 6.09 Å². The van der Waals surface area contributed by atoms with Gasteiger partial charge in [-0.25, -0.2) is 14.2 Å². The number of anilines is 2. The summed E-state index contributed by atoms with van der Waals surface area (Å²) < 4.78 is 28.6. The van der Waals surface area contributed by atoms with E-state index >= 15 is 0 Å². The van der Waals surface area contributed by atoms with Gasteiger partial charge in [0.1, 0.15) is 30.9 Å². The van der Waals surface area contributed by atoms with E-state index in [-0.39, 0.29) is 25.2 Å². The molecule has 0 spiro atoms. The third-order valence-electron chi connectivity index (χ3n) is 10.1. The number of likely N-dealkylation sites (tertiary alicyclic amines) is 1. The normalized spacial score (nSPS) is 14.5. The first kappa shape index (κ1) is 40.4. The number of fused-ring (bicyclic) bond motifs is 2. The molecule has 0 saturated carbocycles. The highest BCUT2D eigenvalue weighted by molar-refractivity contribution is 6.76. The molecule has 55 heavy (non-hydrogen) atoms. The summed E-state index contributed by atoms with van der Waals surface area (Å²) in [7, 11) is -2.69. The zero-order valence-electron chi connectivity index (χ0n) is 33.2. The fourth-order valence-corrected chi connectivity index (χ4v) is 8.24. The molecule has 14 heteroatoms. The molecular weight excluding hydrogens is 730 g/mol. The monoisotopic (exact) mass is 785 g/mol. The van der Waals surface area contributed by atoms with Crippen molar-refractivity contribution >= 4 is 50.4 Å². The van der Waals surface area contributed by atoms with Crippen LogP contribution in [-0.2, 0) is 16.0 Å². The van der Waals surface area contributed by atoms with Crippen molar-refractivity contribution in [2.75, 3.05) is 56.1 Å². The molecule has 5 aromatic rings. The highest BCUT2D eigenvalue weighted by atomic mass is 28.3. The first-order valence-electron chi connectivity index (χ1n) is 19.3. The number of aromatic nitrogens is 4. The van der Waals surface area contributed by atoms with Crippen LogP contribution in [0.1, 0.15) is 18.4 Å². The summed E-state index contributed by atoms with van der Waals surface area (Å²) in [5, 5.41) is 16.2. The Kier molecular flexibility index (Phi) is 13.0. The maximum atomic E-state index is 14.3. The van der Waals surface area contributed by atoms with Gasteiger partial charge in [0, 0.05) is 71.2 Å². The molecule has 1 aliphatic heterocycles. The molecular formula is C41H56FN7O4Si2. The van der Waals surface area contributed by atoms with Crippen LogP contribution < -0.4 is 9.80 Å². The standard InChI is InChI=1S/C41H56FN7O4Si2/c1-54(2,3)20-18-52-29-47(30-53-19-21-55(4,5)6)39-24-38(48(41(50)51)28-32-14-16-46(17-15-32)27-31-10-8-7-9-11-31)45-40-36(26-44-49(39)40)34-22-33-23-35(42)12-13-37(33)43-25-34/h7-13,22-26,32H,14-21,27-30H2,1-6H3,(H,50,51). The fourth-order valence-electron chi connectivity index (χ4n) is 6.72. The average Bonchev–Trinajstić information content (AvgIpc) is 3.57. The van der Waals surface area contributed by atoms with Crippen LogP contribution in [-0.4, -0.2) is 98.1 Å². The zero-order chi connectivity index (χ0) is 39.2. The van der Waals surface area contributed by atoms with Crippen LogP contribution in [0, 0.1) is 11.7 Å². The second kappa shape index (κ2) is 17.7. The lowest BCUT2D eigenvalue weighted by molar-refractivity contribution is 0.0942. The van der Waals surface area contributed by atoms with Gasteiger partial charge in [-0.2, -0.15) is 9.61 Å². The molecule has 1 N–H and O–H groups in total. The van der Waals surface area contributed by atoms with Gasteiger partial charge in [0.15, 0.2) is 5.65 Å². The minimum Gasteiger partial charge on any atom is -0.465 e. The maximum absolute atomic E-state index is 14.3. The minimum absolute atomic E-state index is 0.166. The fraction of sp³-hybridized carbons (Fsp3) is 0.463. The van der Waals surface area contributed by atoms with Crippen molar-refractivity contribution in [2.24, 2.45) is 5.92 Å². The van der Waals surface area contributed by atoms with Gasteiger partial charge in [0.2, 0.25) is 0 Å². The van der Waals surface area contributed by atoms with Crippen LogP contribution in [0.3, 0.4) is 0 Å². The number of amides is 1. The number of pyridine rings is 1. The lowest BCUT2D eigenvalue weighted by Gasteiger charge is -2.34. The molecule has 0 bridgehead atoms. The molecule has 1 aliphatic rings. The lowest BCUT2D eigenvalue weighted by atomic mass is 9.96. The average molecular weight is 786 g/mol. The number of piperidine rings is 1. The van der Waals surface area contributed by atoms with Gasteiger partial charge < -0.3 is 19.5 Å². The first-order valence-corrected chi connectivity index (χ1v) is 26.8. The Hall–Kier alpha value is -4.22. The van der Waals surface area contributed by atoms with E-state index in [9.17, 15) is 14.3 Å². The van der Waals surface area contributed by atoms with Crippen LogP contribution in [0.4, 0.5) is 20.8 Å². The Bertz CT molecular complexity index is 2020. The number of halogens is 1. The highest BCUT2D eigenvalue weighted by Crippen LogP contribution is 2.32. The van der Waals surface area contributed by atoms with Crippen LogP contribution in [0.25, 0.3) is 27.7 Å². The van der Waals surface area contributed by atoms with Crippen LogP contribution in [0.5, 0.6) is 0 Å². The number of carbonyl (C=O) groups is 1. The molecule has 3 aromatic heterocycles. The Morgan fingerprint density at radius 3 is 2.22 bits per heavy atom. The van der Waals surface area contributed by atoms with Gasteiger partial charge in [-0.05, 0) is 73.8 Å². The van der Waals surface area contributed by atoms with E-state index in [1.807, 2.05) is 17.0 Å². The van der Waals surface area contributed by atoms with Crippen molar-refractivity contribution in [3.63, 3.8) is 0 Å². The minimum atomic E-state index is -1.35. The van der Waals surface area contributed by atoms with Crippen molar-refractivity contribution in [1.82, 2.24) is 24.5 Å². The second-order valence-corrected chi connectivity index (χ2v) is 28.4. The molecule has 1 amide bonds. The van der Waals surface area contributed by atoms with Crippen molar-refractivity contribution in [2.45, 2.75) is 70.8 Å². The summed E-state index contributed by atoms with van der Waals surface area (Å²) in [5.74, 6) is 0.726. The third kappa shape index (κ3) is 11.2. The molecule has 0 atom stereocenters. The molecule has 11 nitrogen and oxygen atoms in total. The molecule has 0 unspecified atom stereocenters. The van der Waals surface area contributed by atoms with Gasteiger partial charge in [-0.3, -0.25) is 14.8 Å². The highest BCUT2D eigenvalue weighted by Gasteiger charge is 2.28. The van der Waals surface area contributed by atoms with Crippen LogP contribution >= 0.6 is 0 Å². The SMILES string of the molecule is C[Si](C)(C)CCOCN(COCC[Si](C)(C)C)c1cc(N(CC2CCN(Cc3ccccc3)CC2)C(=O)O)nc2c(-c3cnc4ccc(F)cc4c3)cnn12. The van der Waals surface area contributed by atoms with E-state index in [0.717, 1.165) is 44.6 Å². The Morgan fingerprint density at radius 1 is 0.909 bits per heavy atom. The van der Waals surface area contributed by atoms with E-state index in [0.29, 0.717) is 59.1 Å². The van der Waals surface area contributed by atoms with Crippen molar-refractivity contribution < 1.29 is 23.8 Å². The first-order chi connectivity index (χ1) is 26.2. The van der Waals surface area contributed by atoms with Gasteiger partial charge in [-0.1, -0.05) is 69.6 Å². The van der Waals surface area contributed by atoms with Crippen molar-refractivity contribution in [3.05, 3.63) is 84.4 Å². The molecule has 0 radical (unpaired) electrons. The molecule has 4 heterocycles. The molecule has 1 saturated heterocycles. The summed E-state index contributed by atoms with van der Waals surface area (Å²) in [6.45, 7) is 18.6. The topological polar surface area (TPSA) is 109 Å². The molecule has 294 valence electrons. The van der Waals surface area contributed by atoms with E-state index in [1.165, 1.54) is 22.6 Å². The summed E-state index contributed by atoms with van der Waals surface area (Å²) >= 11 is 0. The largest absolute Gasteiger partial charge is 0.465 e. The number of hydrogen-bond acceptors (Lipinski definition) is 8. The molecule has 1 fully saturated rings. The summed E-state index contributed by atoms with van der Waals surface area (Å²) in [5.41, 5.74) is 3.75. The number of carboxylic acid groups (broad SMARTS) is 1. The van der Waals surface area contributed by atoms with Gasteiger partial charge in [0.25, 0.3) is 0 Å². The smallest absolute Gasteiger partial charge is 0.413 e. The lowest BCUT2D eigenvalue weighted by Crippen LogP contribution is -2.41. The Morgan fingerprint density at radius 2 is 1.58 bits per heavy atom. The molecule has 2 aromatic carbocycles. The summed E-state index contributed by atoms with van der Waals surface area (Å²) in [6.07, 6.45) is 4.13. The maximum Gasteiger partial charge on any atom is 0.413 e. The number of ether oxygens (including phenoxy) is 2. The third-order valence-corrected chi connectivity index (χ3v) is 13.5.